The Morgan fingerprint density at radius 1 is 1.52 bits per heavy atom. The number of hydrogen-bond donors (Lipinski definition) is 2. The highest BCUT2D eigenvalue weighted by Crippen LogP contribution is 2.42. The van der Waals surface area contributed by atoms with Gasteiger partial charge < -0.3 is 10.4 Å². The fourth-order valence-corrected chi connectivity index (χ4v) is 4.44. The molecule has 3 unspecified atom stereocenters. The van der Waals surface area contributed by atoms with E-state index in [4.69, 9.17) is 0 Å². The Balaban J connectivity index is 1.70. The van der Waals surface area contributed by atoms with Gasteiger partial charge in [0.15, 0.2) is 5.13 Å². The van der Waals surface area contributed by atoms with Crippen molar-refractivity contribution in [1.82, 2.24) is 9.88 Å². The summed E-state index contributed by atoms with van der Waals surface area (Å²) in [7, 11) is 0. The molecule has 1 aliphatic heterocycles. The molecule has 1 aromatic rings. The van der Waals surface area contributed by atoms with E-state index in [1.807, 2.05) is 10.3 Å². The van der Waals surface area contributed by atoms with Crippen molar-refractivity contribution in [3.05, 3.63) is 11.1 Å². The van der Waals surface area contributed by atoms with E-state index in [1.165, 1.54) is 18.3 Å². The van der Waals surface area contributed by atoms with Crippen LogP contribution in [0.3, 0.4) is 0 Å². The lowest BCUT2D eigenvalue weighted by Gasteiger charge is -2.23. The van der Waals surface area contributed by atoms with E-state index in [1.54, 1.807) is 0 Å². The Morgan fingerprint density at radius 2 is 2.33 bits per heavy atom. The molecule has 1 aromatic heterocycles. The standard InChI is InChI=1S/C14H19N3O3S/c1-8(18)15-14-16-10(7-21-14)6-17-5-9-3-2-4-11(9)12(17)13(19)20/h7,9,11-12H,2-6H2,1H3,(H,19,20)(H,15,16,18). The number of carboxylic acid groups (broad SMARTS) is 1. The molecule has 3 atom stereocenters. The molecule has 0 spiro atoms. The van der Waals surface area contributed by atoms with Crippen LogP contribution < -0.4 is 5.32 Å². The number of fused-ring (bicyclic) bond motifs is 1. The van der Waals surface area contributed by atoms with Gasteiger partial charge in [0.1, 0.15) is 6.04 Å². The summed E-state index contributed by atoms with van der Waals surface area (Å²) in [5.74, 6) is -0.0627. The van der Waals surface area contributed by atoms with E-state index in [0.29, 0.717) is 17.6 Å². The van der Waals surface area contributed by atoms with Crippen LogP contribution in [0, 0.1) is 11.8 Å². The highest BCUT2D eigenvalue weighted by atomic mass is 32.1. The molecular formula is C14H19N3O3S. The molecule has 1 amide bonds. The minimum atomic E-state index is -0.721. The number of carbonyl (C=O) groups is 2. The molecule has 0 bridgehead atoms. The Kier molecular flexibility index (Phi) is 3.95. The largest absolute Gasteiger partial charge is 0.480 e. The van der Waals surface area contributed by atoms with Crippen LogP contribution >= 0.6 is 11.3 Å². The minimum absolute atomic E-state index is 0.144. The summed E-state index contributed by atoms with van der Waals surface area (Å²) >= 11 is 1.38. The molecule has 1 saturated heterocycles. The predicted octanol–water partition coefficient (Wildman–Crippen LogP) is 1.79. The van der Waals surface area contributed by atoms with E-state index in [2.05, 4.69) is 10.3 Å². The molecule has 2 aliphatic rings. The summed E-state index contributed by atoms with van der Waals surface area (Å²) in [4.78, 5) is 29.0. The molecule has 6 nitrogen and oxygen atoms in total. The van der Waals surface area contributed by atoms with Gasteiger partial charge in [-0.25, -0.2) is 4.98 Å². The van der Waals surface area contributed by atoms with Crippen molar-refractivity contribution in [3.63, 3.8) is 0 Å². The first kappa shape index (κ1) is 14.5. The van der Waals surface area contributed by atoms with E-state index in [-0.39, 0.29) is 17.9 Å². The van der Waals surface area contributed by atoms with Crippen molar-refractivity contribution >= 4 is 28.3 Å². The van der Waals surface area contributed by atoms with Gasteiger partial charge >= 0.3 is 5.97 Å². The summed E-state index contributed by atoms with van der Waals surface area (Å²) in [5, 5.41) is 14.6. The number of rotatable bonds is 4. The van der Waals surface area contributed by atoms with Crippen LogP contribution in [0.4, 0.5) is 5.13 Å². The Labute approximate surface area is 127 Å². The number of thiazole rings is 1. The smallest absolute Gasteiger partial charge is 0.321 e. The van der Waals surface area contributed by atoms with E-state index in [0.717, 1.165) is 31.5 Å². The monoisotopic (exact) mass is 309 g/mol. The molecule has 0 radical (unpaired) electrons. The van der Waals surface area contributed by atoms with Gasteiger partial charge in [0.25, 0.3) is 0 Å². The van der Waals surface area contributed by atoms with Gasteiger partial charge in [0, 0.05) is 25.4 Å². The lowest BCUT2D eigenvalue weighted by molar-refractivity contribution is -0.143. The molecule has 2 N–H and O–H groups in total. The molecule has 2 fully saturated rings. The van der Waals surface area contributed by atoms with Gasteiger partial charge in [-0.05, 0) is 24.7 Å². The molecule has 2 heterocycles. The summed E-state index contributed by atoms with van der Waals surface area (Å²) in [6.07, 6.45) is 3.31. The molecule has 7 heteroatoms. The molecule has 21 heavy (non-hydrogen) atoms. The van der Waals surface area contributed by atoms with Gasteiger partial charge in [-0.15, -0.1) is 11.3 Å². The number of nitrogens with zero attached hydrogens (tertiary/aromatic N) is 2. The van der Waals surface area contributed by atoms with E-state index < -0.39 is 5.97 Å². The van der Waals surface area contributed by atoms with Gasteiger partial charge in [-0.1, -0.05) is 6.42 Å². The maximum Gasteiger partial charge on any atom is 0.321 e. The zero-order chi connectivity index (χ0) is 15.0. The van der Waals surface area contributed by atoms with Crippen molar-refractivity contribution in [2.24, 2.45) is 11.8 Å². The number of amides is 1. The number of carboxylic acids is 1. The maximum atomic E-state index is 11.6. The maximum absolute atomic E-state index is 11.6. The number of aliphatic carboxylic acids is 1. The van der Waals surface area contributed by atoms with Gasteiger partial charge in [0.05, 0.1) is 5.69 Å². The molecule has 1 aliphatic carbocycles. The van der Waals surface area contributed by atoms with Crippen molar-refractivity contribution in [2.75, 3.05) is 11.9 Å². The summed E-state index contributed by atoms with van der Waals surface area (Å²) in [5.41, 5.74) is 0.829. The number of hydrogen-bond acceptors (Lipinski definition) is 5. The van der Waals surface area contributed by atoms with Crippen LogP contribution in [0.5, 0.6) is 0 Å². The average Bonchev–Trinajstić information content (AvgIpc) is 3.04. The van der Waals surface area contributed by atoms with Gasteiger partial charge in [-0.2, -0.15) is 0 Å². The summed E-state index contributed by atoms with van der Waals surface area (Å²) in [6, 6.07) is -0.386. The van der Waals surface area contributed by atoms with Crippen LogP contribution in [0.25, 0.3) is 0 Å². The lowest BCUT2D eigenvalue weighted by atomic mass is 9.94. The quantitative estimate of drug-likeness (QED) is 0.886. The fraction of sp³-hybridized carbons (Fsp3) is 0.643. The third kappa shape index (κ3) is 2.94. The van der Waals surface area contributed by atoms with Crippen molar-refractivity contribution in [1.29, 1.82) is 0 Å². The van der Waals surface area contributed by atoms with Crippen LogP contribution in [-0.2, 0) is 16.1 Å². The topological polar surface area (TPSA) is 82.5 Å². The number of aromatic nitrogens is 1. The van der Waals surface area contributed by atoms with Gasteiger partial charge in [0.2, 0.25) is 5.91 Å². The number of anilines is 1. The highest BCUT2D eigenvalue weighted by Gasteiger charge is 2.47. The second-order valence-corrected chi connectivity index (χ2v) is 6.75. The Morgan fingerprint density at radius 3 is 3.05 bits per heavy atom. The van der Waals surface area contributed by atoms with E-state index in [9.17, 15) is 14.7 Å². The highest BCUT2D eigenvalue weighted by molar-refractivity contribution is 7.13. The third-order valence-corrected chi connectivity index (χ3v) is 5.25. The third-order valence-electron chi connectivity index (χ3n) is 4.44. The van der Waals surface area contributed by atoms with Crippen LogP contribution in [0.15, 0.2) is 5.38 Å². The molecule has 3 rings (SSSR count). The van der Waals surface area contributed by atoms with Crippen molar-refractivity contribution in [2.45, 2.75) is 38.8 Å². The molecule has 1 saturated carbocycles. The second-order valence-electron chi connectivity index (χ2n) is 5.89. The first-order valence-corrected chi connectivity index (χ1v) is 8.11. The first-order chi connectivity index (χ1) is 10.0. The zero-order valence-electron chi connectivity index (χ0n) is 11.9. The van der Waals surface area contributed by atoms with Crippen LogP contribution in [0.1, 0.15) is 31.9 Å². The van der Waals surface area contributed by atoms with Crippen molar-refractivity contribution < 1.29 is 14.7 Å². The molecular weight excluding hydrogens is 290 g/mol. The summed E-state index contributed by atoms with van der Waals surface area (Å²) < 4.78 is 0. The number of nitrogens with one attached hydrogen (secondary N) is 1. The van der Waals surface area contributed by atoms with Gasteiger partial charge in [-0.3, -0.25) is 14.5 Å². The van der Waals surface area contributed by atoms with Crippen LogP contribution in [-0.4, -0.2) is 39.5 Å². The first-order valence-electron chi connectivity index (χ1n) is 7.23. The normalized spacial score (nSPS) is 28.5. The lowest BCUT2D eigenvalue weighted by Crippen LogP contribution is -2.39. The summed E-state index contributed by atoms with van der Waals surface area (Å²) in [6.45, 7) is 2.83. The number of carbonyl (C=O) groups excluding carboxylic acids is 1. The Bertz CT molecular complexity index is 559. The Hall–Kier alpha value is -1.47. The molecule has 114 valence electrons. The average molecular weight is 309 g/mol. The van der Waals surface area contributed by atoms with E-state index >= 15 is 0 Å². The van der Waals surface area contributed by atoms with Crippen LogP contribution in [0.2, 0.25) is 0 Å². The zero-order valence-corrected chi connectivity index (χ0v) is 12.7. The fourth-order valence-electron chi connectivity index (χ4n) is 3.69. The second kappa shape index (κ2) is 5.73. The minimum Gasteiger partial charge on any atom is -0.480 e. The van der Waals surface area contributed by atoms with Crippen molar-refractivity contribution in [3.8, 4) is 0 Å². The molecule has 0 aromatic carbocycles. The number of likely N-dealkylation sites (tertiary alicyclic amines) is 1. The predicted molar refractivity (Wildman–Crippen MR) is 79.1 cm³/mol. The SMILES string of the molecule is CC(=O)Nc1nc(CN2CC3CCCC3C2C(=O)O)cs1.